The molecule has 1 atom stereocenters. The Hall–Kier alpha value is -0.960. The van der Waals surface area contributed by atoms with Gasteiger partial charge in [-0.3, -0.25) is 9.69 Å². The van der Waals surface area contributed by atoms with Gasteiger partial charge in [0.2, 0.25) is 0 Å². The van der Waals surface area contributed by atoms with Gasteiger partial charge in [0.1, 0.15) is 0 Å². The van der Waals surface area contributed by atoms with Crippen LogP contribution in [0, 0.1) is 0 Å². The van der Waals surface area contributed by atoms with Crippen LogP contribution in [0.5, 0.6) is 0 Å². The lowest BCUT2D eigenvalue weighted by Crippen LogP contribution is -2.57. The van der Waals surface area contributed by atoms with Crippen molar-refractivity contribution >= 4 is 5.91 Å². The zero-order valence-electron chi connectivity index (χ0n) is 11.3. The van der Waals surface area contributed by atoms with Crippen LogP contribution in [0.15, 0.2) is 0 Å². The zero-order chi connectivity index (χ0) is 15.7. The molecule has 4 nitrogen and oxygen atoms in total. The lowest BCUT2D eigenvalue weighted by Gasteiger charge is -2.37. The number of carbonyl (C=O) groups is 1. The predicted molar refractivity (Wildman–Crippen MR) is 63.0 cm³/mol. The first-order chi connectivity index (χ1) is 9.72. The Morgan fingerprint density at radius 2 is 1.71 bits per heavy atom. The monoisotopic (exact) mass is 316 g/mol. The van der Waals surface area contributed by atoms with Crippen molar-refractivity contribution in [2.75, 3.05) is 39.3 Å². The number of carbonyl (C=O) groups excluding carboxylic acids is 1. The molecular weight excluding hydrogens is 299 g/mol. The highest BCUT2D eigenvalue weighted by Gasteiger charge is 2.64. The Kier molecular flexibility index (Phi) is 4.72. The summed E-state index contributed by atoms with van der Waals surface area (Å²) < 4.78 is 67.9. The lowest BCUT2D eigenvalue weighted by atomic mass is 10.2. The predicted octanol–water partition coefficient (Wildman–Crippen LogP) is 1.51. The van der Waals surface area contributed by atoms with E-state index in [1.807, 2.05) is 4.90 Å². The quantitative estimate of drug-likeness (QED) is 0.740. The highest BCUT2D eigenvalue weighted by atomic mass is 19.4. The van der Waals surface area contributed by atoms with Crippen molar-refractivity contribution in [2.24, 2.45) is 0 Å². The maximum Gasteiger partial charge on any atom is 0.463 e. The maximum absolute atomic E-state index is 13.0. The minimum absolute atomic E-state index is 0.0869. The summed E-state index contributed by atoms with van der Waals surface area (Å²) in [5, 5.41) is 0. The average Bonchev–Trinajstić information content (AvgIpc) is 2.90. The smallest absolute Gasteiger partial charge is 0.377 e. The first-order valence-corrected chi connectivity index (χ1v) is 6.79. The number of piperazine rings is 1. The van der Waals surface area contributed by atoms with E-state index in [-0.39, 0.29) is 32.3 Å². The van der Waals surface area contributed by atoms with Crippen LogP contribution in [0.3, 0.4) is 0 Å². The van der Waals surface area contributed by atoms with Gasteiger partial charge in [0, 0.05) is 39.3 Å². The van der Waals surface area contributed by atoms with Crippen molar-refractivity contribution in [3.63, 3.8) is 0 Å². The Labute approximate surface area is 118 Å². The molecule has 0 aromatic heterocycles. The molecule has 0 aromatic rings. The molecule has 0 radical (unpaired) electrons. The fourth-order valence-electron chi connectivity index (χ4n) is 2.53. The molecule has 9 heteroatoms. The summed E-state index contributed by atoms with van der Waals surface area (Å²) in [6, 6.07) is 0. The second kappa shape index (κ2) is 6.04. The third-order valence-electron chi connectivity index (χ3n) is 3.77. The van der Waals surface area contributed by atoms with Gasteiger partial charge in [0.05, 0.1) is 6.10 Å². The number of alkyl halides is 5. The van der Waals surface area contributed by atoms with E-state index in [1.165, 1.54) is 0 Å². The summed E-state index contributed by atoms with van der Waals surface area (Å²) in [6.45, 7) is 1.62. The van der Waals surface area contributed by atoms with Gasteiger partial charge in [0.25, 0.3) is 0 Å². The van der Waals surface area contributed by atoms with Crippen molar-refractivity contribution < 1.29 is 31.5 Å². The first kappa shape index (κ1) is 16.4. The summed E-state index contributed by atoms with van der Waals surface area (Å²) >= 11 is 0. The van der Waals surface area contributed by atoms with Crippen LogP contribution < -0.4 is 0 Å². The van der Waals surface area contributed by atoms with Gasteiger partial charge in [-0.25, -0.2) is 0 Å². The van der Waals surface area contributed by atoms with E-state index < -0.39 is 18.0 Å². The van der Waals surface area contributed by atoms with Crippen molar-refractivity contribution in [1.29, 1.82) is 0 Å². The molecule has 2 saturated heterocycles. The summed E-state index contributed by atoms with van der Waals surface area (Å²) in [7, 11) is 0. The average molecular weight is 316 g/mol. The van der Waals surface area contributed by atoms with E-state index >= 15 is 0 Å². The van der Waals surface area contributed by atoms with E-state index in [2.05, 4.69) is 0 Å². The van der Waals surface area contributed by atoms with E-state index in [0.29, 0.717) is 18.1 Å². The summed E-state index contributed by atoms with van der Waals surface area (Å²) in [5.41, 5.74) is 0. The van der Waals surface area contributed by atoms with E-state index in [1.54, 1.807) is 0 Å². The van der Waals surface area contributed by atoms with Gasteiger partial charge in [-0.15, -0.1) is 0 Å². The third-order valence-corrected chi connectivity index (χ3v) is 3.77. The Morgan fingerprint density at radius 3 is 2.19 bits per heavy atom. The van der Waals surface area contributed by atoms with Crippen LogP contribution in [0.25, 0.3) is 0 Å². The second-order valence-electron chi connectivity index (χ2n) is 5.30. The Balaban J connectivity index is 1.84. The molecule has 0 saturated carbocycles. The molecule has 0 aliphatic carbocycles. The topological polar surface area (TPSA) is 32.8 Å². The summed E-state index contributed by atoms with van der Waals surface area (Å²) in [6.07, 6.45) is -3.87. The first-order valence-electron chi connectivity index (χ1n) is 6.79. The minimum Gasteiger partial charge on any atom is -0.377 e. The largest absolute Gasteiger partial charge is 0.463 e. The van der Waals surface area contributed by atoms with Crippen molar-refractivity contribution in [2.45, 2.75) is 31.0 Å². The second-order valence-corrected chi connectivity index (χ2v) is 5.30. The number of halogens is 5. The van der Waals surface area contributed by atoms with E-state index in [9.17, 15) is 26.7 Å². The fraction of sp³-hybridized carbons (Fsp3) is 0.917. The molecule has 1 unspecified atom stereocenters. The van der Waals surface area contributed by atoms with Gasteiger partial charge in [-0.1, -0.05) is 0 Å². The van der Waals surface area contributed by atoms with E-state index in [0.717, 1.165) is 12.8 Å². The van der Waals surface area contributed by atoms with Gasteiger partial charge < -0.3 is 9.64 Å². The molecule has 0 spiro atoms. The summed E-state index contributed by atoms with van der Waals surface area (Å²) in [5.74, 6) is -7.48. The number of rotatable bonds is 3. The molecule has 122 valence electrons. The van der Waals surface area contributed by atoms with E-state index in [4.69, 9.17) is 4.74 Å². The molecule has 2 aliphatic rings. The molecule has 0 bridgehead atoms. The normalized spacial score (nSPS) is 25.4. The van der Waals surface area contributed by atoms with Crippen LogP contribution >= 0.6 is 0 Å². The van der Waals surface area contributed by atoms with Gasteiger partial charge in [0.15, 0.2) is 0 Å². The summed E-state index contributed by atoms with van der Waals surface area (Å²) in [4.78, 5) is 13.8. The molecule has 2 heterocycles. The molecule has 0 N–H and O–H groups in total. The highest BCUT2D eigenvalue weighted by Crippen LogP contribution is 2.37. The standard InChI is InChI=1S/C12H17F5N2O2/c13-11(14,12(15,16)17)10(20)19-5-3-18(4-6-19)8-9-2-1-7-21-9/h9H,1-8H2. The molecule has 2 rings (SSSR count). The van der Waals surface area contributed by atoms with Crippen LogP contribution in [-0.2, 0) is 9.53 Å². The van der Waals surface area contributed by atoms with Crippen LogP contribution in [0.2, 0.25) is 0 Å². The van der Waals surface area contributed by atoms with Crippen molar-refractivity contribution in [3.8, 4) is 0 Å². The minimum atomic E-state index is -5.85. The number of hydrogen-bond donors (Lipinski definition) is 0. The maximum atomic E-state index is 13.0. The van der Waals surface area contributed by atoms with Gasteiger partial charge in [-0.2, -0.15) is 22.0 Å². The Bertz CT molecular complexity index is 374. The number of hydrogen-bond acceptors (Lipinski definition) is 3. The molecule has 1 amide bonds. The molecular formula is C12H17F5N2O2. The molecule has 2 fully saturated rings. The van der Waals surface area contributed by atoms with Gasteiger partial charge in [-0.05, 0) is 12.8 Å². The van der Waals surface area contributed by atoms with Crippen molar-refractivity contribution in [1.82, 2.24) is 9.80 Å². The SMILES string of the molecule is O=C(N1CCN(CC2CCCO2)CC1)C(F)(F)C(F)(F)F. The fourth-order valence-corrected chi connectivity index (χ4v) is 2.53. The number of ether oxygens (including phenoxy) is 1. The molecule has 0 aromatic carbocycles. The number of nitrogens with zero attached hydrogens (tertiary/aromatic N) is 2. The van der Waals surface area contributed by atoms with Crippen molar-refractivity contribution in [3.05, 3.63) is 0 Å². The highest BCUT2D eigenvalue weighted by molar-refractivity contribution is 5.84. The molecule has 2 aliphatic heterocycles. The van der Waals surface area contributed by atoms with Crippen LogP contribution in [0.4, 0.5) is 22.0 Å². The third kappa shape index (κ3) is 3.63. The molecule has 21 heavy (non-hydrogen) atoms. The Morgan fingerprint density at radius 1 is 1.10 bits per heavy atom. The zero-order valence-corrected chi connectivity index (χ0v) is 11.3. The van der Waals surface area contributed by atoms with Gasteiger partial charge >= 0.3 is 18.0 Å². The van der Waals surface area contributed by atoms with Crippen LogP contribution in [-0.4, -0.2) is 73.2 Å². The van der Waals surface area contributed by atoms with Crippen LogP contribution in [0.1, 0.15) is 12.8 Å². The lowest BCUT2D eigenvalue weighted by molar-refractivity contribution is -0.274. The number of amides is 1.